The molecule has 0 radical (unpaired) electrons. The largest absolute Gasteiger partial charge is 0.481 e. The van der Waals surface area contributed by atoms with Gasteiger partial charge in [0.25, 0.3) is 5.91 Å². The van der Waals surface area contributed by atoms with Gasteiger partial charge in [0.05, 0.1) is 16.9 Å². The van der Waals surface area contributed by atoms with Crippen LogP contribution in [0.5, 0.6) is 0 Å². The van der Waals surface area contributed by atoms with E-state index >= 15 is 0 Å². The molecule has 0 spiro atoms. The number of aliphatic carboxylic acids is 1. The summed E-state index contributed by atoms with van der Waals surface area (Å²) in [6.07, 6.45) is 2.98. The number of halogens is 2. The van der Waals surface area contributed by atoms with Gasteiger partial charge in [-0.1, -0.05) is 30.7 Å². The van der Waals surface area contributed by atoms with Gasteiger partial charge in [0.2, 0.25) is 0 Å². The number of carboxylic acid groups (broad SMARTS) is 1. The third kappa shape index (κ3) is 7.61. The Bertz CT molecular complexity index is 1230. The van der Waals surface area contributed by atoms with Gasteiger partial charge in [-0.2, -0.15) is 0 Å². The topological polar surface area (TPSA) is 108 Å². The highest BCUT2D eigenvalue weighted by Gasteiger charge is 2.17. The number of hydrogen-bond donors (Lipinski definition) is 3. The van der Waals surface area contributed by atoms with E-state index in [0.29, 0.717) is 24.2 Å². The van der Waals surface area contributed by atoms with Gasteiger partial charge >= 0.3 is 5.97 Å². The van der Waals surface area contributed by atoms with Crippen molar-refractivity contribution in [2.75, 3.05) is 10.6 Å². The van der Waals surface area contributed by atoms with Gasteiger partial charge in [-0.3, -0.25) is 19.4 Å². The average Bonchev–Trinajstić information content (AvgIpc) is 2.80. The second-order valence-electron chi connectivity index (χ2n) is 7.98. The number of aryl methyl sites for hydroxylation is 1. The molecule has 1 amide bonds. The van der Waals surface area contributed by atoms with E-state index in [4.69, 9.17) is 16.7 Å². The number of ketones is 1. The molecule has 0 unspecified atom stereocenters. The van der Waals surface area contributed by atoms with Crippen molar-refractivity contribution >= 4 is 46.3 Å². The van der Waals surface area contributed by atoms with Gasteiger partial charge in [0.1, 0.15) is 11.6 Å². The van der Waals surface area contributed by atoms with E-state index in [9.17, 15) is 18.8 Å². The van der Waals surface area contributed by atoms with Crippen LogP contribution in [0.2, 0.25) is 5.02 Å². The fraction of sp³-hybridized carbons (Fsp3) is 0.231. The van der Waals surface area contributed by atoms with E-state index in [2.05, 4.69) is 15.6 Å². The van der Waals surface area contributed by atoms with Gasteiger partial charge in [-0.05, 0) is 54.8 Å². The van der Waals surface area contributed by atoms with Crippen molar-refractivity contribution in [1.29, 1.82) is 0 Å². The first-order chi connectivity index (χ1) is 16.7. The van der Waals surface area contributed by atoms with E-state index in [1.807, 2.05) is 6.92 Å². The Morgan fingerprint density at radius 1 is 1.03 bits per heavy atom. The van der Waals surface area contributed by atoms with Crippen molar-refractivity contribution < 1.29 is 23.9 Å². The lowest BCUT2D eigenvalue weighted by molar-refractivity contribution is -0.137. The summed E-state index contributed by atoms with van der Waals surface area (Å²) in [5.41, 5.74) is 2.34. The van der Waals surface area contributed by atoms with Gasteiger partial charge in [0.15, 0.2) is 0 Å². The highest BCUT2D eigenvalue weighted by Crippen LogP contribution is 2.27. The molecular formula is C26H25ClFN3O4. The van der Waals surface area contributed by atoms with Crippen LogP contribution in [0.15, 0.2) is 54.7 Å². The molecule has 0 saturated heterocycles. The number of anilines is 3. The molecule has 0 saturated carbocycles. The van der Waals surface area contributed by atoms with Crippen LogP contribution in [0, 0.1) is 5.82 Å². The Kier molecular flexibility index (Phi) is 8.92. The fourth-order valence-corrected chi connectivity index (χ4v) is 3.55. The number of amides is 1. The summed E-state index contributed by atoms with van der Waals surface area (Å²) in [5, 5.41) is 14.7. The summed E-state index contributed by atoms with van der Waals surface area (Å²) in [4.78, 5) is 40.2. The Labute approximate surface area is 207 Å². The molecule has 1 aromatic heterocycles. The Morgan fingerprint density at radius 2 is 1.77 bits per heavy atom. The lowest BCUT2D eigenvalue weighted by atomic mass is 10.1. The first-order valence-corrected chi connectivity index (χ1v) is 11.5. The quantitative estimate of drug-likeness (QED) is 0.309. The molecule has 7 nitrogen and oxygen atoms in total. The zero-order valence-corrected chi connectivity index (χ0v) is 19.9. The SMILES string of the molecule is CCCC(=O)Cc1cc(Nc2ccc(Cl)cc2F)c(C(=O)Nc2ccc(CCC(=O)O)cc2)cn1. The molecule has 0 aliphatic heterocycles. The standard InChI is InChI=1S/C26H25ClFN3O4/c1-2-3-20(32)13-19-14-24(31-23-10-7-17(27)12-22(23)28)21(15-29-19)26(35)30-18-8-4-16(5-9-18)6-11-25(33)34/h4-5,7-10,12,14-15H,2-3,6,11,13H2,1H3,(H,29,31)(H,30,35)(H,33,34). The third-order valence-electron chi connectivity index (χ3n) is 5.15. The highest BCUT2D eigenvalue weighted by atomic mass is 35.5. The molecule has 3 N–H and O–H groups in total. The maximum Gasteiger partial charge on any atom is 0.303 e. The number of benzene rings is 2. The van der Waals surface area contributed by atoms with Crippen LogP contribution >= 0.6 is 11.6 Å². The summed E-state index contributed by atoms with van der Waals surface area (Å²) in [7, 11) is 0. The summed E-state index contributed by atoms with van der Waals surface area (Å²) in [6.45, 7) is 1.91. The van der Waals surface area contributed by atoms with Crippen LogP contribution in [0.1, 0.15) is 47.8 Å². The molecular weight excluding hydrogens is 473 g/mol. The number of carboxylic acids is 1. The Balaban J connectivity index is 1.85. The number of aromatic nitrogens is 1. The predicted octanol–water partition coefficient (Wildman–Crippen LogP) is 5.80. The maximum atomic E-state index is 14.4. The number of carbonyl (C=O) groups excluding carboxylic acids is 2. The smallest absolute Gasteiger partial charge is 0.303 e. The van der Waals surface area contributed by atoms with E-state index in [1.54, 1.807) is 30.3 Å². The van der Waals surface area contributed by atoms with Crippen molar-refractivity contribution in [3.63, 3.8) is 0 Å². The fourth-order valence-electron chi connectivity index (χ4n) is 3.39. The highest BCUT2D eigenvalue weighted by molar-refractivity contribution is 6.30. The van der Waals surface area contributed by atoms with Crippen LogP contribution in [-0.4, -0.2) is 27.8 Å². The molecule has 3 aromatic rings. The molecule has 35 heavy (non-hydrogen) atoms. The molecule has 1 heterocycles. The van der Waals surface area contributed by atoms with Gasteiger partial charge in [-0.25, -0.2) is 4.39 Å². The summed E-state index contributed by atoms with van der Waals surface area (Å²) in [6, 6.07) is 12.5. The molecule has 3 rings (SSSR count). The molecule has 0 atom stereocenters. The van der Waals surface area contributed by atoms with Crippen LogP contribution < -0.4 is 10.6 Å². The number of carbonyl (C=O) groups is 3. The number of hydrogen-bond acceptors (Lipinski definition) is 5. The lowest BCUT2D eigenvalue weighted by Gasteiger charge is -2.14. The van der Waals surface area contributed by atoms with Crippen LogP contribution in [0.25, 0.3) is 0 Å². The predicted molar refractivity (Wildman–Crippen MR) is 133 cm³/mol. The minimum absolute atomic E-state index is 0.0147. The van der Waals surface area contributed by atoms with Crippen molar-refractivity contribution in [3.8, 4) is 0 Å². The molecule has 9 heteroatoms. The molecule has 182 valence electrons. The van der Waals surface area contributed by atoms with Crippen LogP contribution in [-0.2, 0) is 22.4 Å². The lowest BCUT2D eigenvalue weighted by Crippen LogP contribution is -2.16. The zero-order chi connectivity index (χ0) is 25.4. The molecule has 0 aliphatic carbocycles. The van der Waals surface area contributed by atoms with Crippen molar-refractivity contribution in [2.45, 2.75) is 39.0 Å². The van der Waals surface area contributed by atoms with Crippen LogP contribution in [0.4, 0.5) is 21.5 Å². The minimum atomic E-state index is -0.883. The van der Waals surface area contributed by atoms with Crippen molar-refractivity contribution in [2.24, 2.45) is 0 Å². The van der Waals surface area contributed by atoms with Gasteiger partial charge in [-0.15, -0.1) is 0 Å². The monoisotopic (exact) mass is 497 g/mol. The second kappa shape index (κ2) is 12.1. The summed E-state index contributed by atoms with van der Waals surface area (Å²) < 4.78 is 14.4. The number of nitrogens with zero attached hydrogens (tertiary/aromatic N) is 1. The average molecular weight is 498 g/mol. The first kappa shape index (κ1) is 25.8. The van der Waals surface area contributed by atoms with E-state index in [0.717, 1.165) is 18.1 Å². The number of pyridine rings is 1. The van der Waals surface area contributed by atoms with Gasteiger partial charge in [0, 0.05) is 41.9 Å². The molecule has 2 aromatic carbocycles. The Morgan fingerprint density at radius 3 is 2.43 bits per heavy atom. The number of Topliss-reactive ketones (excluding diaryl/α,β-unsaturated/α-hetero) is 1. The van der Waals surface area contributed by atoms with E-state index in [1.165, 1.54) is 18.3 Å². The van der Waals surface area contributed by atoms with Crippen LogP contribution in [0.3, 0.4) is 0 Å². The van der Waals surface area contributed by atoms with E-state index < -0.39 is 17.7 Å². The molecule has 0 aliphatic rings. The normalized spacial score (nSPS) is 10.6. The molecule has 0 fully saturated rings. The van der Waals surface area contributed by atoms with E-state index in [-0.39, 0.29) is 40.6 Å². The second-order valence-corrected chi connectivity index (χ2v) is 8.42. The summed E-state index contributed by atoms with van der Waals surface area (Å²) in [5.74, 6) is -1.95. The minimum Gasteiger partial charge on any atom is -0.481 e. The Hall–Kier alpha value is -3.78. The van der Waals surface area contributed by atoms with Gasteiger partial charge < -0.3 is 15.7 Å². The number of nitrogens with one attached hydrogen (secondary N) is 2. The zero-order valence-electron chi connectivity index (χ0n) is 19.1. The molecule has 0 bridgehead atoms. The maximum absolute atomic E-state index is 14.4. The first-order valence-electron chi connectivity index (χ1n) is 11.1. The third-order valence-corrected chi connectivity index (χ3v) is 5.39. The number of rotatable bonds is 11. The summed E-state index contributed by atoms with van der Waals surface area (Å²) >= 11 is 5.84. The van der Waals surface area contributed by atoms with Crippen molar-refractivity contribution in [3.05, 3.63) is 82.4 Å². The van der Waals surface area contributed by atoms with Crippen molar-refractivity contribution in [1.82, 2.24) is 4.98 Å².